The number of ether oxygens (including phenoxy) is 1. The molecule has 0 bridgehead atoms. The molecule has 0 aliphatic rings. The number of carbonyl (C=O) groups excluding carboxylic acids is 1. The number of nitrogens with one attached hydrogen (secondary N) is 1. The molecule has 0 saturated heterocycles. The van der Waals surface area contributed by atoms with Crippen molar-refractivity contribution in [3.63, 3.8) is 0 Å². The van der Waals surface area contributed by atoms with Gasteiger partial charge in [-0.05, 0) is 6.92 Å². The predicted molar refractivity (Wildman–Crippen MR) is 38.5 cm³/mol. The molecule has 0 spiro atoms. The third-order valence-electron chi connectivity index (χ3n) is 1.03. The zero-order chi connectivity index (χ0) is 7.98. The topological polar surface area (TPSA) is 41.6 Å². The van der Waals surface area contributed by atoms with Crippen LogP contribution in [0, 0.1) is 0 Å². The number of hydrazine groups is 1. The summed E-state index contributed by atoms with van der Waals surface area (Å²) in [5.41, 5.74) is 2.50. The van der Waals surface area contributed by atoms with E-state index in [-0.39, 0.29) is 0 Å². The summed E-state index contributed by atoms with van der Waals surface area (Å²) in [6.07, 6.45) is -0.396. The lowest BCUT2D eigenvalue weighted by Gasteiger charge is -2.14. The van der Waals surface area contributed by atoms with E-state index < -0.39 is 6.09 Å². The first-order chi connectivity index (χ1) is 4.70. The van der Waals surface area contributed by atoms with E-state index in [9.17, 15) is 4.79 Å². The van der Waals surface area contributed by atoms with Crippen molar-refractivity contribution in [2.24, 2.45) is 0 Å². The molecule has 0 fully saturated rings. The summed E-state index contributed by atoms with van der Waals surface area (Å²) in [5, 5.41) is 1.65. The van der Waals surface area contributed by atoms with Crippen molar-refractivity contribution >= 4 is 6.09 Å². The van der Waals surface area contributed by atoms with Crippen LogP contribution in [0.4, 0.5) is 4.79 Å². The molecule has 0 atom stereocenters. The summed E-state index contributed by atoms with van der Waals surface area (Å²) < 4.78 is 4.62. The van der Waals surface area contributed by atoms with Crippen LogP contribution in [0.2, 0.25) is 0 Å². The van der Waals surface area contributed by atoms with Crippen LogP contribution in [0.15, 0.2) is 0 Å². The fourth-order valence-electron chi connectivity index (χ4n) is 0.398. The number of hydrogen-bond donors (Lipinski definition) is 1. The highest BCUT2D eigenvalue weighted by molar-refractivity contribution is 5.66. The first-order valence-corrected chi connectivity index (χ1v) is 3.35. The fraction of sp³-hybridized carbons (Fsp3) is 0.833. The van der Waals surface area contributed by atoms with Crippen LogP contribution in [-0.4, -0.2) is 31.3 Å². The van der Waals surface area contributed by atoms with Crippen molar-refractivity contribution in [1.29, 1.82) is 0 Å². The summed E-state index contributed by atoms with van der Waals surface area (Å²) in [4.78, 5) is 10.6. The van der Waals surface area contributed by atoms with Gasteiger partial charge in [-0.2, -0.15) is 0 Å². The second-order valence-electron chi connectivity index (χ2n) is 1.85. The van der Waals surface area contributed by atoms with Gasteiger partial charge in [-0.25, -0.2) is 9.80 Å². The number of rotatable bonds is 3. The second kappa shape index (κ2) is 5.05. The van der Waals surface area contributed by atoms with E-state index in [1.807, 2.05) is 6.92 Å². The van der Waals surface area contributed by atoms with Crippen LogP contribution in [0.5, 0.6) is 0 Å². The lowest BCUT2D eigenvalue weighted by molar-refractivity contribution is 0.121. The highest BCUT2D eigenvalue weighted by Gasteiger charge is 2.00. The Morgan fingerprint density at radius 2 is 2.20 bits per heavy atom. The Hall–Kier alpha value is -0.770. The molecule has 0 heterocycles. The lowest BCUT2D eigenvalue weighted by Crippen LogP contribution is -2.39. The molecule has 0 unspecified atom stereocenters. The van der Waals surface area contributed by atoms with Gasteiger partial charge in [-0.15, -0.1) is 0 Å². The van der Waals surface area contributed by atoms with E-state index >= 15 is 0 Å². The van der Waals surface area contributed by atoms with Gasteiger partial charge >= 0.3 is 6.09 Å². The smallest absolute Gasteiger partial charge is 0.421 e. The Balaban J connectivity index is 3.37. The maximum absolute atomic E-state index is 10.6. The Morgan fingerprint density at radius 1 is 1.60 bits per heavy atom. The van der Waals surface area contributed by atoms with Crippen LogP contribution in [0.1, 0.15) is 13.8 Å². The Morgan fingerprint density at radius 3 is 2.60 bits per heavy atom. The minimum Gasteiger partial charge on any atom is -0.449 e. The highest BCUT2D eigenvalue weighted by Crippen LogP contribution is 1.78. The van der Waals surface area contributed by atoms with Gasteiger partial charge in [-0.3, -0.25) is 5.43 Å². The van der Waals surface area contributed by atoms with Crippen molar-refractivity contribution in [2.75, 3.05) is 20.2 Å². The molecule has 0 radical (unpaired) electrons. The Kier molecular flexibility index (Phi) is 4.66. The highest BCUT2D eigenvalue weighted by atomic mass is 16.6. The van der Waals surface area contributed by atoms with Gasteiger partial charge in [0.2, 0.25) is 0 Å². The number of nitrogens with zero attached hydrogens (tertiary/aromatic N) is 1. The summed E-state index contributed by atoms with van der Waals surface area (Å²) in [6.45, 7) is 4.87. The predicted octanol–water partition coefficient (Wildman–Crippen LogP) is 0.599. The molecule has 1 N–H and O–H groups in total. The SMILES string of the molecule is CCOC(=O)NN(C)CC. The third-order valence-corrected chi connectivity index (χ3v) is 1.03. The largest absolute Gasteiger partial charge is 0.449 e. The number of amides is 1. The molecule has 10 heavy (non-hydrogen) atoms. The zero-order valence-corrected chi connectivity index (χ0v) is 6.68. The molecular weight excluding hydrogens is 132 g/mol. The van der Waals surface area contributed by atoms with Crippen LogP contribution in [0.3, 0.4) is 0 Å². The Bertz CT molecular complexity index is 106. The minimum absolute atomic E-state index is 0.396. The molecular formula is C6H14N2O2. The van der Waals surface area contributed by atoms with Crippen LogP contribution in [-0.2, 0) is 4.74 Å². The van der Waals surface area contributed by atoms with Crippen LogP contribution < -0.4 is 5.43 Å². The van der Waals surface area contributed by atoms with Gasteiger partial charge in [0, 0.05) is 13.6 Å². The summed E-state index contributed by atoms with van der Waals surface area (Å²) in [5.74, 6) is 0. The van der Waals surface area contributed by atoms with E-state index in [0.717, 1.165) is 6.54 Å². The number of carbonyl (C=O) groups is 1. The monoisotopic (exact) mass is 146 g/mol. The molecule has 0 aromatic rings. The summed E-state index contributed by atoms with van der Waals surface area (Å²) in [7, 11) is 1.77. The summed E-state index contributed by atoms with van der Waals surface area (Å²) >= 11 is 0. The molecule has 4 heteroatoms. The van der Waals surface area contributed by atoms with Crippen molar-refractivity contribution in [3.8, 4) is 0 Å². The van der Waals surface area contributed by atoms with Gasteiger partial charge in [0.05, 0.1) is 6.61 Å². The van der Waals surface area contributed by atoms with E-state index in [4.69, 9.17) is 0 Å². The molecule has 1 amide bonds. The van der Waals surface area contributed by atoms with Gasteiger partial charge in [-0.1, -0.05) is 6.92 Å². The van der Waals surface area contributed by atoms with E-state index in [1.54, 1.807) is 19.0 Å². The van der Waals surface area contributed by atoms with Gasteiger partial charge < -0.3 is 4.74 Å². The Labute approximate surface area is 61.1 Å². The molecule has 0 aliphatic heterocycles. The average Bonchev–Trinajstić information content (AvgIpc) is 1.88. The summed E-state index contributed by atoms with van der Waals surface area (Å²) in [6, 6.07) is 0. The van der Waals surface area contributed by atoms with Crippen molar-refractivity contribution in [2.45, 2.75) is 13.8 Å². The maximum Gasteiger partial charge on any atom is 0.421 e. The molecule has 60 valence electrons. The van der Waals surface area contributed by atoms with Crippen molar-refractivity contribution < 1.29 is 9.53 Å². The molecule has 0 saturated carbocycles. The molecule has 0 aromatic heterocycles. The van der Waals surface area contributed by atoms with Crippen LogP contribution in [0.25, 0.3) is 0 Å². The normalized spacial score (nSPS) is 9.60. The quantitative estimate of drug-likeness (QED) is 0.593. The minimum atomic E-state index is -0.396. The second-order valence-corrected chi connectivity index (χ2v) is 1.85. The number of hydrogen-bond acceptors (Lipinski definition) is 3. The molecule has 0 aromatic carbocycles. The molecule has 0 aliphatic carbocycles. The van der Waals surface area contributed by atoms with Gasteiger partial charge in [0.25, 0.3) is 0 Å². The van der Waals surface area contributed by atoms with E-state index in [0.29, 0.717) is 6.61 Å². The fourth-order valence-corrected chi connectivity index (χ4v) is 0.398. The van der Waals surface area contributed by atoms with Crippen molar-refractivity contribution in [1.82, 2.24) is 10.4 Å². The molecule has 0 rings (SSSR count). The maximum atomic E-state index is 10.6. The van der Waals surface area contributed by atoms with Gasteiger partial charge in [0.1, 0.15) is 0 Å². The zero-order valence-electron chi connectivity index (χ0n) is 6.68. The lowest BCUT2D eigenvalue weighted by atomic mass is 10.7. The van der Waals surface area contributed by atoms with E-state index in [1.165, 1.54) is 0 Å². The first kappa shape index (κ1) is 9.23. The van der Waals surface area contributed by atoms with Crippen molar-refractivity contribution in [3.05, 3.63) is 0 Å². The first-order valence-electron chi connectivity index (χ1n) is 3.35. The average molecular weight is 146 g/mol. The van der Waals surface area contributed by atoms with Crippen LogP contribution >= 0.6 is 0 Å². The molecule has 4 nitrogen and oxygen atoms in total. The third kappa shape index (κ3) is 4.14. The standard InChI is InChI=1S/C6H14N2O2/c1-4-8(3)7-6(9)10-5-2/h4-5H2,1-3H3,(H,7,9). The van der Waals surface area contributed by atoms with Gasteiger partial charge in [0.15, 0.2) is 0 Å². The van der Waals surface area contributed by atoms with E-state index in [2.05, 4.69) is 10.2 Å².